The minimum atomic E-state index is -0.139. The van der Waals surface area contributed by atoms with Gasteiger partial charge in [0.15, 0.2) is 5.78 Å². The molecule has 0 atom stereocenters. The fourth-order valence-electron chi connectivity index (χ4n) is 3.99. The van der Waals surface area contributed by atoms with Crippen LogP contribution in [0.1, 0.15) is 17.3 Å². The number of aromatic nitrogens is 1. The number of carbonyl (C=O) groups excluding carboxylic acids is 1. The summed E-state index contributed by atoms with van der Waals surface area (Å²) in [5, 5.41) is 3.25. The van der Waals surface area contributed by atoms with E-state index < -0.39 is 0 Å². The van der Waals surface area contributed by atoms with E-state index in [0.717, 1.165) is 15.6 Å². The number of ketones is 1. The highest BCUT2D eigenvalue weighted by atomic mass is 32.2. The third-order valence-corrected chi connectivity index (χ3v) is 8.33. The van der Waals surface area contributed by atoms with E-state index in [1.54, 1.807) is 53.8 Å². The first kappa shape index (κ1) is 21.6. The summed E-state index contributed by atoms with van der Waals surface area (Å²) in [6.45, 7) is 2.42. The predicted octanol–water partition coefficient (Wildman–Crippen LogP) is 4.06. The molecule has 5 nitrogen and oxygen atoms in total. The molecule has 0 aliphatic carbocycles. The predicted molar refractivity (Wildman–Crippen MR) is 137 cm³/mol. The second kappa shape index (κ2) is 8.57. The van der Waals surface area contributed by atoms with Crippen LogP contribution >= 0.6 is 23.1 Å². The summed E-state index contributed by atoms with van der Waals surface area (Å²) in [6.07, 6.45) is 1.56. The van der Waals surface area contributed by atoms with Gasteiger partial charge in [-0.05, 0) is 48.0 Å². The molecule has 1 aromatic heterocycles. The Bertz CT molecular complexity index is 1570. The average molecular weight is 475 g/mol. The molecule has 0 N–H and O–H groups in total. The molecule has 0 unspecified atom stereocenters. The van der Waals surface area contributed by atoms with Crippen LogP contribution in [0.2, 0.25) is 0 Å². The maximum Gasteiger partial charge on any atom is 0.271 e. The topological polar surface area (TPSA) is 51.5 Å². The van der Waals surface area contributed by atoms with Crippen molar-refractivity contribution < 1.29 is 9.53 Å². The molecular weight excluding hydrogens is 452 g/mol. The monoisotopic (exact) mass is 474 g/mol. The van der Waals surface area contributed by atoms with Crippen molar-refractivity contribution >= 4 is 56.4 Å². The molecule has 0 bridgehead atoms. The van der Waals surface area contributed by atoms with E-state index in [1.165, 1.54) is 22.1 Å². The summed E-state index contributed by atoms with van der Waals surface area (Å²) in [7, 11) is 3.58. The van der Waals surface area contributed by atoms with Gasteiger partial charge >= 0.3 is 0 Å². The second-order valence-corrected chi connectivity index (χ2v) is 9.69. The number of benzene rings is 3. The van der Waals surface area contributed by atoms with Crippen LogP contribution < -0.4 is 24.4 Å². The number of rotatable bonds is 4. The number of anilines is 1. The fourth-order valence-corrected chi connectivity index (χ4v) is 6.58. The molecule has 3 aromatic carbocycles. The van der Waals surface area contributed by atoms with Gasteiger partial charge in [-0.2, -0.15) is 0 Å². The lowest BCUT2D eigenvalue weighted by Gasteiger charge is -2.12. The standard InChI is InChI=1S/C26H22N2O3S2/c1-4-28-22(15-21(29)17-9-12-18(31-3)13-10-17)32-24(25(28)30)26-27(2)20-14-11-16-7-5-6-8-19(16)23(20)33-26/h5-15H,4H2,1-3H3/b22-15+,26-24+. The first-order valence-electron chi connectivity index (χ1n) is 10.6. The number of Topliss-reactive ketones (excluding diaryl/α,β-unsaturated/α-hetero) is 1. The zero-order valence-corrected chi connectivity index (χ0v) is 20.1. The molecule has 0 saturated carbocycles. The lowest BCUT2D eigenvalue weighted by molar-refractivity contribution is 0.106. The number of carbonyl (C=O) groups is 1. The Hall–Kier alpha value is -3.29. The molecule has 5 rings (SSSR count). The quantitative estimate of drug-likeness (QED) is 0.418. The maximum absolute atomic E-state index is 13.3. The smallest absolute Gasteiger partial charge is 0.271 e. The molecule has 166 valence electrons. The maximum atomic E-state index is 13.3. The lowest BCUT2D eigenvalue weighted by Crippen LogP contribution is -2.33. The van der Waals surface area contributed by atoms with Crippen LogP contribution in [0.5, 0.6) is 5.75 Å². The Morgan fingerprint density at radius 2 is 1.82 bits per heavy atom. The highest BCUT2D eigenvalue weighted by Gasteiger charge is 2.26. The molecular formula is C26H22N2O3S2. The van der Waals surface area contributed by atoms with Gasteiger partial charge in [0.25, 0.3) is 5.56 Å². The van der Waals surface area contributed by atoms with Gasteiger partial charge in [0, 0.05) is 30.1 Å². The number of nitrogens with zero attached hydrogens (tertiary/aromatic N) is 2. The van der Waals surface area contributed by atoms with Crippen LogP contribution in [0.25, 0.3) is 21.9 Å². The van der Waals surface area contributed by atoms with Crippen LogP contribution in [0, 0.1) is 0 Å². The van der Waals surface area contributed by atoms with Gasteiger partial charge in [-0.3, -0.25) is 14.2 Å². The lowest BCUT2D eigenvalue weighted by atomic mass is 10.1. The Balaban J connectivity index is 1.64. The zero-order valence-electron chi connectivity index (χ0n) is 18.5. The van der Waals surface area contributed by atoms with Gasteiger partial charge in [-0.25, -0.2) is 0 Å². The zero-order chi connectivity index (χ0) is 23.1. The van der Waals surface area contributed by atoms with Gasteiger partial charge in [0.05, 0.1) is 12.8 Å². The number of hydrogen-bond donors (Lipinski definition) is 0. The van der Waals surface area contributed by atoms with Crippen LogP contribution in [0.15, 0.2) is 70.4 Å². The van der Waals surface area contributed by atoms with Crippen LogP contribution in [0.4, 0.5) is 5.69 Å². The largest absolute Gasteiger partial charge is 0.497 e. The molecule has 33 heavy (non-hydrogen) atoms. The van der Waals surface area contributed by atoms with Crippen molar-refractivity contribution in [3.05, 3.63) is 85.8 Å². The van der Waals surface area contributed by atoms with Gasteiger partial charge in [0.1, 0.15) is 20.0 Å². The Kier molecular flexibility index (Phi) is 5.60. The van der Waals surface area contributed by atoms with Crippen molar-refractivity contribution in [2.75, 3.05) is 19.1 Å². The molecule has 0 saturated heterocycles. The van der Waals surface area contributed by atoms with E-state index in [2.05, 4.69) is 29.2 Å². The molecule has 0 radical (unpaired) electrons. The summed E-state index contributed by atoms with van der Waals surface area (Å²) >= 11 is 2.99. The molecule has 1 aliphatic heterocycles. The summed E-state index contributed by atoms with van der Waals surface area (Å²) < 4.78 is 8.14. The van der Waals surface area contributed by atoms with Crippen LogP contribution in [-0.2, 0) is 6.54 Å². The van der Waals surface area contributed by atoms with Crippen LogP contribution in [-0.4, -0.2) is 24.5 Å². The van der Waals surface area contributed by atoms with Gasteiger partial charge < -0.3 is 9.64 Å². The Morgan fingerprint density at radius 3 is 2.55 bits per heavy atom. The molecule has 0 amide bonds. The van der Waals surface area contributed by atoms with Gasteiger partial charge in [-0.1, -0.05) is 42.1 Å². The Labute approximate surface area is 199 Å². The SMILES string of the molecule is CCn1c(=O)/c(=C2\Sc3c(ccc4ccccc34)N2C)s/c1=C/C(=O)c1ccc(OC)cc1. The number of methoxy groups -OCH3 is 1. The van der Waals surface area contributed by atoms with E-state index in [9.17, 15) is 9.59 Å². The number of thiazole rings is 1. The minimum Gasteiger partial charge on any atom is -0.497 e. The van der Waals surface area contributed by atoms with Crippen molar-refractivity contribution in [2.24, 2.45) is 0 Å². The first-order valence-corrected chi connectivity index (χ1v) is 12.2. The van der Waals surface area contributed by atoms with E-state index in [0.29, 0.717) is 27.1 Å². The summed E-state index contributed by atoms with van der Waals surface area (Å²) in [5.74, 6) is 0.555. The number of fused-ring (bicyclic) bond motifs is 3. The van der Waals surface area contributed by atoms with E-state index in [4.69, 9.17) is 4.74 Å². The number of thioether (sulfide) groups is 1. The fraction of sp³-hybridized carbons (Fsp3) is 0.154. The third-order valence-electron chi connectivity index (χ3n) is 5.78. The van der Waals surface area contributed by atoms with Crippen molar-refractivity contribution in [3.63, 3.8) is 0 Å². The molecule has 2 heterocycles. The third kappa shape index (κ3) is 3.67. The van der Waals surface area contributed by atoms with E-state index >= 15 is 0 Å². The van der Waals surface area contributed by atoms with Crippen LogP contribution in [0.3, 0.4) is 0 Å². The van der Waals surface area contributed by atoms with Crippen molar-refractivity contribution in [3.8, 4) is 5.75 Å². The average Bonchev–Trinajstić information content (AvgIpc) is 3.34. The van der Waals surface area contributed by atoms with Gasteiger partial charge in [0.2, 0.25) is 0 Å². The minimum absolute atomic E-state index is 0.0669. The van der Waals surface area contributed by atoms with Crippen molar-refractivity contribution in [1.29, 1.82) is 0 Å². The number of hydrogen-bond acceptors (Lipinski definition) is 6. The van der Waals surface area contributed by atoms with Crippen molar-refractivity contribution in [1.82, 2.24) is 4.57 Å². The summed E-state index contributed by atoms with van der Waals surface area (Å²) in [4.78, 5) is 29.5. The summed E-state index contributed by atoms with van der Waals surface area (Å²) in [5.41, 5.74) is 1.58. The second-order valence-electron chi connectivity index (χ2n) is 7.66. The Morgan fingerprint density at radius 1 is 1.06 bits per heavy atom. The van der Waals surface area contributed by atoms with E-state index in [-0.39, 0.29) is 11.3 Å². The molecule has 7 heteroatoms. The first-order chi connectivity index (χ1) is 16.0. The number of ether oxygens (including phenoxy) is 1. The normalized spacial score (nSPS) is 15.2. The highest BCUT2D eigenvalue weighted by molar-refractivity contribution is 8.09. The molecule has 4 aromatic rings. The molecule has 0 fully saturated rings. The van der Waals surface area contributed by atoms with E-state index in [1.807, 2.05) is 26.1 Å². The van der Waals surface area contributed by atoms with Crippen molar-refractivity contribution in [2.45, 2.75) is 18.4 Å². The molecule has 0 spiro atoms. The molecule has 1 aliphatic rings. The highest BCUT2D eigenvalue weighted by Crippen LogP contribution is 2.48. The van der Waals surface area contributed by atoms with Gasteiger partial charge in [-0.15, -0.1) is 11.3 Å². The summed E-state index contributed by atoms with van der Waals surface area (Å²) in [6, 6.07) is 19.5.